The van der Waals surface area contributed by atoms with E-state index in [2.05, 4.69) is 10.3 Å². The fourth-order valence-corrected chi connectivity index (χ4v) is 4.38. The van der Waals surface area contributed by atoms with E-state index in [1.54, 1.807) is 30.5 Å². The van der Waals surface area contributed by atoms with Gasteiger partial charge in [-0.2, -0.15) is 0 Å². The summed E-state index contributed by atoms with van der Waals surface area (Å²) in [4.78, 5) is 17.6. The molecule has 1 N–H and O–H groups in total. The van der Waals surface area contributed by atoms with Crippen LogP contribution in [-0.4, -0.2) is 30.7 Å². The van der Waals surface area contributed by atoms with Gasteiger partial charge in [0.15, 0.2) is 0 Å². The topological polar surface area (TPSA) is 60.5 Å². The summed E-state index contributed by atoms with van der Waals surface area (Å²) >= 11 is 12.6. The van der Waals surface area contributed by atoms with E-state index >= 15 is 0 Å². The van der Waals surface area contributed by atoms with E-state index in [0.717, 1.165) is 37.7 Å². The zero-order chi connectivity index (χ0) is 20.7. The number of hydrogen-bond donors (Lipinski definition) is 1. The fourth-order valence-electron chi connectivity index (χ4n) is 3.79. The van der Waals surface area contributed by atoms with Crippen LogP contribution < -0.4 is 10.1 Å². The molecular formula is C22H26Cl2N2O3. The number of rotatable bonds is 8. The number of ether oxygens (including phenoxy) is 2. The molecule has 0 unspecified atom stereocenters. The monoisotopic (exact) mass is 436 g/mol. The largest absolute Gasteiger partial charge is 0.475 e. The Bertz CT molecular complexity index is 821. The minimum Gasteiger partial charge on any atom is -0.475 e. The van der Waals surface area contributed by atoms with Crippen LogP contribution in [-0.2, 0) is 14.9 Å². The SMILES string of the molecule is CCOCCOc1ccc(NC(=O)C2(c3ccc(Cl)cc3Cl)CCCCC2)cn1. The molecule has 1 aromatic carbocycles. The number of aromatic nitrogens is 1. The summed E-state index contributed by atoms with van der Waals surface area (Å²) in [7, 11) is 0. The summed E-state index contributed by atoms with van der Waals surface area (Å²) in [5.74, 6) is 0.434. The van der Waals surface area contributed by atoms with Gasteiger partial charge in [0.05, 0.1) is 23.9 Å². The number of amides is 1. The molecule has 1 amide bonds. The summed E-state index contributed by atoms with van der Waals surface area (Å²) in [5, 5.41) is 4.12. The van der Waals surface area contributed by atoms with Gasteiger partial charge >= 0.3 is 0 Å². The van der Waals surface area contributed by atoms with Crippen molar-refractivity contribution >= 4 is 34.8 Å². The lowest BCUT2D eigenvalue weighted by Gasteiger charge is -2.37. The first kappa shape index (κ1) is 21.9. The van der Waals surface area contributed by atoms with Crippen molar-refractivity contribution in [2.75, 3.05) is 25.1 Å². The van der Waals surface area contributed by atoms with Crippen molar-refractivity contribution in [3.63, 3.8) is 0 Å². The molecule has 7 heteroatoms. The van der Waals surface area contributed by atoms with Crippen molar-refractivity contribution < 1.29 is 14.3 Å². The lowest BCUT2D eigenvalue weighted by atomic mass is 9.68. The van der Waals surface area contributed by atoms with Gasteiger partial charge in [0, 0.05) is 22.7 Å². The van der Waals surface area contributed by atoms with Crippen molar-refractivity contribution in [3.8, 4) is 5.88 Å². The Balaban J connectivity index is 1.74. The molecule has 29 heavy (non-hydrogen) atoms. The average molecular weight is 437 g/mol. The van der Waals surface area contributed by atoms with Crippen LogP contribution in [0, 0.1) is 0 Å². The second-order valence-electron chi connectivity index (χ2n) is 7.15. The summed E-state index contributed by atoms with van der Waals surface area (Å²) in [5.41, 5.74) is 0.804. The molecule has 1 saturated carbocycles. The number of carbonyl (C=O) groups is 1. The quantitative estimate of drug-likeness (QED) is 0.543. The number of anilines is 1. The van der Waals surface area contributed by atoms with Crippen LogP contribution in [0.4, 0.5) is 5.69 Å². The van der Waals surface area contributed by atoms with Crippen molar-refractivity contribution in [2.45, 2.75) is 44.4 Å². The molecule has 1 aromatic heterocycles. The lowest BCUT2D eigenvalue weighted by Crippen LogP contribution is -2.42. The highest BCUT2D eigenvalue weighted by atomic mass is 35.5. The van der Waals surface area contributed by atoms with Crippen LogP contribution in [0.2, 0.25) is 10.0 Å². The van der Waals surface area contributed by atoms with Gasteiger partial charge in [-0.3, -0.25) is 4.79 Å². The summed E-state index contributed by atoms with van der Waals surface area (Å²) in [6.45, 7) is 3.54. The van der Waals surface area contributed by atoms with E-state index < -0.39 is 5.41 Å². The zero-order valence-corrected chi connectivity index (χ0v) is 18.1. The predicted octanol–water partition coefficient (Wildman–Crippen LogP) is 5.64. The smallest absolute Gasteiger partial charge is 0.235 e. The Morgan fingerprint density at radius 2 is 1.93 bits per heavy atom. The zero-order valence-electron chi connectivity index (χ0n) is 16.5. The van der Waals surface area contributed by atoms with Crippen molar-refractivity contribution in [3.05, 3.63) is 52.1 Å². The molecule has 1 aliphatic rings. The van der Waals surface area contributed by atoms with Gasteiger partial charge in [-0.1, -0.05) is 48.5 Å². The van der Waals surface area contributed by atoms with Gasteiger partial charge in [-0.05, 0) is 43.5 Å². The van der Waals surface area contributed by atoms with E-state index in [9.17, 15) is 4.79 Å². The van der Waals surface area contributed by atoms with E-state index in [0.29, 0.717) is 41.4 Å². The van der Waals surface area contributed by atoms with E-state index in [4.69, 9.17) is 32.7 Å². The standard InChI is InChI=1S/C22H26Cl2N2O3/c1-2-28-12-13-29-20-9-7-17(15-25-20)26-21(27)22(10-4-3-5-11-22)18-8-6-16(23)14-19(18)24/h6-9,14-15H,2-5,10-13H2,1H3,(H,26,27). The first-order chi connectivity index (χ1) is 14.0. The first-order valence-corrected chi connectivity index (χ1v) is 10.7. The normalized spacial score (nSPS) is 15.7. The molecule has 0 radical (unpaired) electrons. The van der Waals surface area contributed by atoms with Crippen LogP contribution in [0.15, 0.2) is 36.5 Å². The number of halogens is 2. The van der Waals surface area contributed by atoms with E-state index in [-0.39, 0.29) is 5.91 Å². The van der Waals surface area contributed by atoms with Gasteiger partial charge in [0.2, 0.25) is 11.8 Å². The van der Waals surface area contributed by atoms with Gasteiger partial charge in [-0.15, -0.1) is 0 Å². The molecule has 156 valence electrons. The predicted molar refractivity (Wildman–Crippen MR) is 116 cm³/mol. The molecule has 0 spiro atoms. The highest BCUT2D eigenvalue weighted by Gasteiger charge is 2.42. The summed E-state index contributed by atoms with van der Waals surface area (Å²) in [6.07, 6.45) is 6.20. The highest BCUT2D eigenvalue weighted by molar-refractivity contribution is 6.35. The van der Waals surface area contributed by atoms with Gasteiger partial charge in [-0.25, -0.2) is 4.98 Å². The average Bonchev–Trinajstić information content (AvgIpc) is 2.73. The van der Waals surface area contributed by atoms with Crippen LogP contribution in [0.25, 0.3) is 0 Å². The van der Waals surface area contributed by atoms with E-state index in [1.807, 2.05) is 13.0 Å². The second kappa shape index (κ2) is 10.3. The third kappa shape index (κ3) is 5.41. The molecule has 2 aromatic rings. The molecule has 1 heterocycles. The van der Waals surface area contributed by atoms with Crippen LogP contribution in [0.1, 0.15) is 44.6 Å². The Kier molecular flexibility index (Phi) is 7.76. The van der Waals surface area contributed by atoms with Gasteiger partial charge < -0.3 is 14.8 Å². The Morgan fingerprint density at radius 3 is 2.59 bits per heavy atom. The van der Waals surface area contributed by atoms with Gasteiger partial charge in [0.1, 0.15) is 6.61 Å². The third-order valence-corrected chi connectivity index (χ3v) is 5.81. The highest BCUT2D eigenvalue weighted by Crippen LogP contribution is 2.43. The number of benzene rings is 1. The van der Waals surface area contributed by atoms with Crippen molar-refractivity contribution in [2.24, 2.45) is 0 Å². The minimum atomic E-state index is -0.660. The molecule has 1 fully saturated rings. The van der Waals surface area contributed by atoms with Crippen molar-refractivity contribution in [1.82, 2.24) is 4.98 Å². The molecule has 5 nitrogen and oxygen atoms in total. The Hall–Kier alpha value is -1.82. The molecule has 1 aliphatic carbocycles. The van der Waals surface area contributed by atoms with Gasteiger partial charge in [0.25, 0.3) is 0 Å². The molecule has 0 saturated heterocycles. The fraction of sp³-hybridized carbons (Fsp3) is 0.455. The van der Waals surface area contributed by atoms with Crippen LogP contribution >= 0.6 is 23.2 Å². The number of nitrogens with zero attached hydrogens (tertiary/aromatic N) is 1. The summed E-state index contributed by atoms with van der Waals surface area (Å²) < 4.78 is 10.8. The third-order valence-electron chi connectivity index (χ3n) is 5.26. The minimum absolute atomic E-state index is 0.0618. The molecule has 0 bridgehead atoms. The number of nitrogens with one attached hydrogen (secondary N) is 1. The lowest BCUT2D eigenvalue weighted by molar-refractivity contribution is -0.122. The molecular weight excluding hydrogens is 411 g/mol. The van der Waals surface area contributed by atoms with Crippen LogP contribution in [0.3, 0.4) is 0 Å². The number of hydrogen-bond acceptors (Lipinski definition) is 4. The summed E-state index contributed by atoms with van der Waals surface area (Å²) in [6, 6.07) is 8.91. The maximum absolute atomic E-state index is 13.4. The number of pyridine rings is 1. The van der Waals surface area contributed by atoms with Crippen molar-refractivity contribution in [1.29, 1.82) is 0 Å². The Labute approximate surface area is 181 Å². The maximum atomic E-state index is 13.4. The first-order valence-electron chi connectivity index (χ1n) is 9.99. The molecule has 3 rings (SSSR count). The maximum Gasteiger partial charge on any atom is 0.235 e. The second-order valence-corrected chi connectivity index (χ2v) is 8.00. The Morgan fingerprint density at radius 1 is 1.14 bits per heavy atom. The van der Waals surface area contributed by atoms with E-state index in [1.165, 1.54) is 0 Å². The molecule has 0 aliphatic heterocycles. The molecule has 0 atom stereocenters. The number of carbonyl (C=O) groups excluding carboxylic acids is 1. The van der Waals surface area contributed by atoms with Crippen LogP contribution in [0.5, 0.6) is 5.88 Å².